The van der Waals surface area contributed by atoms with Gasteiger partial charge in [-0.15, -0.1) is 0 Å². The van der Waals surface area contributed by atoms with Crippen LogP contribution in [0.3, 0.4) is 0 Å². The van der Waals surface area contributed by atoms with E-state index in [0.717, 1.165) is 18.8 Å². The standard InChI is InChI=1S/C8H17NO2S/c9-12(10,11)7-3-1-2-4-8-5-6-8/h8H,1-7H2,(H2,9,10,11). The molecule has 0 spiro atoms. The number of nitrogens with two attached hydrogens (primary N) is 1. The van der Waals surface area contributed by atoms with E-state index in [1.165, 1.54) is 25.7 Å². The van der Waals surface area contributed by atoms with Crippen molar-refractivity contribution in [2.24, 2.45) is 11.1 Å². The lowest BCUT2D eigenvalue weighted by atomic mass is 10.1. The fourth-order valence-electron chi connectivity index (χ4n) is 1.32. The van der Waals surface area contributed by atoms with Crippen LogP contribution in [0.2, 0.25) is 0 Å². The van der Waals surface area contributed by atoms with Crippen molar-refractivity contribution in [3.8, 4) is 0 Å². The van der Waals surface area contributed by atoms with E-state index in [1.54, 1.807) is 0 Å². The molecule has 0 aliphatic heterocycles. The van der Waals surface area contributed by atoms with Gasteiger partial charge in [-0.1, -0.05) is 32.1 Å². The van der Waals surface area contributed by atoms with Gasteiger partial charge in [0.2, 0.25) is 10.0 Å². The lowest BCUT2D eigenvalue weighted by molar-refractivity contribution is 0.584. The van der Waals surface area contributed by atoms with E-state index in [1.807, 2.05) is 0 Å². The molecule has 12 heavy (non-hydrogen) atoms. The summed E-state index contributed by atoms with van der Waals surface area (Å²) in [6.45, 7) is 0. The van der Waals surface area contributed by atoms with Gasteiger partial charge < -0.3 is 0 Å². The second-order valence-electron chi connectivity index (χ2n) is 3.66. The highest BCUT2D eigenvalue weighted by molar-refractivity contribution is 7.89. The fourth-order valence-corrected chi connectivity index (χ4v) is 1.93. The normalized spacial score (nSPS) is 18.1. The van der Waals surface area contributed by atoms with Crippen LogP contribution < -0.4 is 5.14 Å². The minimum Gasteiger partial charge on any atom is -0.229 e. The molecule has 0 aromatic rings. The van der Waals surface area contributed by atoms with E-state index in [0.29, 0.717) is 0 Å². The van der Waals surface area contributed by atoms with Crippen molar-refractivity contribution in [2.45, 2.75) is 38.5 Å². The van der Waals surface area contributed by atoms with Crippen molar-refractivity contribution >= 4 is 10.0 Å². The lowest BCUT2D eigenvalue weighted by Crippen LogP contribution is -2.16. The quantitative estimate of drug-likeness (QED) is 0.642. The van der Waals surface area contributed by atoms with Crippen LogP contribution >= 0.6 is 0 Å². The van der Waals surface area contributed by atoms with Gasteiger partial charge in [0.15, 0.2) is 0 Å². The number of sulfonamides is 1. The first-order valence-corrected chi connectivity index (χ1v) is 6.30. The molecule has 1 aliphatic carbocycles. The van der Waals surface area contributed by atoms with Crippen molar-refractivity contribution in [1.82, 2.24) is 0 Å². The van der Waals surface area contributed by atoms with Crippen LogP contribution in [0.1, 0.15) is 38.5 Å². The highest BCUT2D eigenvalue weighted by Gasteiger charge is 2.19. The average molecular weight is 191 g/mol. The summed E-state index contributed by atoms with van der Waals surface area (Å²) in [6.07, 6.45) is 6.95. The molecule has 3 nitrogen and oxygen atoms in total. The second-order valence-corrected chi connectivity index (χ2v) is 5.39. The van der Waals surface area contributed by atoms with Crippen LogP contribution in [0.4, 0.5) is 0 Å². The third kappa shape index (κ3) is 5.55. The van der Waals surface area contributed by atoms with Gasteiger partial charge in [0.1, 0.15) is 0 Å². The van der Waals surface area contributed by atoms with Crippen molar-refractivity contribution in [3.05, 3.63) is 0 Å². The monoisotopic (exact) mass is 191 g/mol. The highest BCUT2D eigenvalue weighted by atomic mass is 32.2. The van der Waals surface area contributed by atoms with Gasteiger partial charge in [0.25, 0.3) is 0 Å². The SMILES string of the molecule is NS(=O)(=O)CCCCCC1CC1. The molecule has 2 N–H and O–H groups in total. The van der Waals surface area contributed by atoms with Crippen molar-refractivity contribution in [3.63, 3.8) is 0 Å². The zero-order valence-corrected chi connectivity index (χ0v) is 8.15. The number of hydrogen-bond acceptors (Lipinski definition) is 2. The molecule has 0 radical (unpaired) electrons. The Hall–Kier alpha value is -0.0900. The summed E-state index contributed by atoms with van der Waals surface area (Å²) in [5, 5.41) is 4.86. The Bertz CT molecular complexity index is 219. The smallest absolute Gasteiger partial charge is 0.209 e. The van der Waals surface area contributed by atoms with E-state index in [2.05, 4.69) is 0 Å². The minimum absolute atomic E-state index is 0.150. The maximum absolute atomic E-state index is 10.5. The molecule has 0 atom stereocenters. The first kappa shape index (κ1) is 9.99. The first-order valence-electron chi connectivity index (χ1n) is 4.58. The molecular weight excluding hydrogens is 174 g/mol. The van der Waals surface area contributed by atoms with Gasteiger partial charge >= 0.3 is 0 Å². The van der Waals surface area contributed by atoms with Crippen LogP contribution in [-0.2, 0) is 10.0 Å². The maximum Gasteiger partial charge on any atom is 0.209 e. The van der Waals surface area contributed by atoms with Crippen LogP contribution in [0, 0.1) is 5.92 Å². The summed E-state index contributed by atoms with van der Waals surface area (Å²) in [5.74, 6) is 1.11. The average Bonchev–Trinajstić information content (AvgIpc) is 2.68. The Labute approximate surface area is 74.4 Å². The molecule has 0 aromatic carbocycles. The molecule has 1 rings (SSSR count). The molecule has 0 unspecified atom stereocenters. The van der Waals surface area contributed by atoms with Gasteiger partial charge in [-0.3, -0.25) is 0 Å². The first-order chi connectivity index (χ1) is 5.58. The third-order valence-electron chi connectivity index (χ3n) is 2.24. The Morgan fingerprint density at radius 3 is 2.33 bits per heavy atom. The zero-order chi connectivity index (χ0) is 9.03. The van der Waals surface area contributed by atoms with Crippen LogP contribution in [0.25, 0.3) is 0 Å². The third-order valence-corrected chi connectivity index (χ3v) is 3.10. The van der Waals surface area contributed by atoms with Gasteiger partial charge in [0.05, 0.1) is 5.75 Å². The summed E-state index contributed by atoms with van der Waals surface area (Å²) < 4.78 is 21.0. The topological polar surface area (TPSA) is 60.2 Å². The molecule has 0 heterocycles. The van der Waals surface area contributed by atoms with E-state index >= 15 is 0 Å². The number of hydrogen-bond donors (Lipinski definition) is 1. The fraction of sp³-hybridized carbons (Fsp3) is 1.00. The van der Waals surface area contributed by atoms with Crippen LogP contribution in [0.15, 0.2) is 0 Å². The van der Waals surface area contributed by atoms with Crippen molar-refractivity contribution in [2.75, 3.05) is 5.75 Å². The molecule has 1 saturated carbocycles. The molecule has 0 amide bonds. The summed E-state index contributed by atoms with van der Waals surface area (Å²) >= 11 is 0. The Balaban J connectivity index is 1.88. The minimum atomic E-state index is -3.21. The number of primary sulfonamides is 1. The van der Waals surface area contributed by atoms with Crippen LogP contribution in [0.5, 0.6) is 0 Å². The Morgan fingerprint density at radius 1 is 1.17 bits per heavy atom. The van der Waals surface area contributed by atoms with Crippen molar-refractivity contribution in [1.29, 1.82) is 0 Å². The van der Waals surface area contributed by atoms with E-state index in [-0.39, 0.29) is 5.75 Å². The Morgan fingerprint density at radius 2 is 1.83 bits per heavy atom. The lowest BCUT2D eigenvalue weighted by Gasteiger charge is -1.98. The highest BCUT2D eigenvalue weighted by Crippen LogP contribution is 2.33. The molecular formula is C8H17NO2S. The van der Waals surface area contributed by atoms with Crippen molar-refractivity contribution < 1.29 is 8.42 Å². The maximum atomic E-state index is 10.5. The summed E-state index contributed by atoms with van der Waals surface area (Å²) in [7, 11) is -3.21. The predicted molar refractivity (Wildman–Crippen MR) is 49.2 cm³/mol. The molecule has 1 fully saturated rings. The van der Waals surface area contributed by atoms with Crippen LogP contribution in [-0.4, -0.2) is 14.2 Å². The Kier molecular flexibility index (Phi) is 3.53. The van der Waals surface area contributed by atoms with Gasteiger partial charge in [0, 0.05) is 0 Å². The zero-order valence-electron chi connectivity index (χ0n) is 7.33. The summed E-state index contributed by atoms with van der Waals surface area (Å²) in [4.78, 5) is 0. The molecule has 0 bridgehead atoms. The summed E-state index contributed by atoms with van der Waals surface area (Å²) in [6, 6.07) is 0. The molecule has 1 aliphatic rings. The molecule has 72 valence electrons. The van der Waals surface area contributed by atoms with Gasteiger partial charge in [-0.05, 0) is 12.3 Å². The second kappa shape index (κ2) is 4.23. The molecule has 4 heteroatoms. The van der Waals surface area contributed by atoms with E-state index in [4.69, 9.17) is 5.14 Å². The predicted octanol–water partition coefficient (Wildman–Crippen LogP) is 1.25. The number of rotatable bonds is 6. The molecule has 0 saturated heterocycles. The largest absolute Gasteiger partial charge is 0.229 e. The van der Waals surface area contributed by atoms with E-state index < -0.39 is 10.0 Å². The van der Waals surface area contributed by atoms with Gasteiger partial charge in [-0.25, -0.2) is 13.6 Å². The van der Waals surface area contributed by atoms with E-state index in [9.17, 15) is 8.42 Å². The number of unbranched alkanes of at least 4 members (excludes halogenated alkanes) is 2. The van der Waals surface area contributed by atoms with Gasteiger partial charge in [-0.2, -0.15) is 0 Å². The summed E-state index contributed by atoms with van der Waals surface area (Å²) in [5.41, 5.74) is 0. The molecule has 0 aromatic heterocycles.